The summed E-state index contributed by atoms with van der Waals surface area (Å²) in [7, 11) is 0. The molecule has 30 heavy (non-hydrogen) atoms. The summed E-state index contributed by atoms with van der Waals surface area (Å²) >= 11 is 0. The fraction of sp³-hybridized carbons (Fsp3) is 0.524. The molecule has 0 saturated heterocycles. The molecule has 0 unspecified atom stereocenters. The standard InChI is InChI=1S/C21H28N4O5/c1-5-15-14(9-10-16(26)30-6-2)19-24(11-12(3)4)20(28)17(21(29)25(19)23-15)18(27)22-13-7-8-13/h9-10,12-13,29H,5-8,11H2,1-4H3,(H,22,27)/b10-9+. The number of aromatic nitrogens is 3. The molecule has 9 nitrogen and oxygen atoms in total. The monoisotopic (exact) mass is 416 g/mol. The van der Waals surface area contributed by atoms with Gasteiger partial charge >= 0.3 is 5.97 Å². The first kappa shape index (κ1) is 21.6. The highest BCUT2D eigenvalue weighted by atomic mass is 16.5. The van der Waals surface area contributed by atoms with Crippen LogP contribution in [0.1, 0.15) is 62.2 Å². The maximum Gasteiger partial charge on any atom is 0.330 e. The number of aryl methyl sites for hydroxylation is 1. The minimum atomic E-state index is -0.600. The first-order valence-electron chi connectivity index (χ1n) is 10.3. The molecule has 1 amide bonds. The first-order chi connectivity index (χ1) is 14.3. The second-order valence-corrected chi connectivity index (χ2v) is 7.79. The van der Waals surface area contributed by atoms with Crippen LogP contribution in [0.5, 0.6) is 5.88 Å². The van der Waals surface area contributed by atoms with Crippen LogP contribution in [0.4, 0.5) is 0 Å². The molecule has 0 aliphatic heterocycles. The van der Waals surface area contributed by atoms with E-state index in [1.54, 1.807) is 13.0 Å². The summed E-state index contributed by atoms with van der Waals surface area (Å²) in [5.74, 6) is -1.52. The SMILES string of the molecule is CCOC(=O)/C=C/c1c(CC)nn2c(O)c(C(=O)NC3CC3)c(=O)n(CC(C)C)c12. The molecule has 162 valence electrons. The van der Waals surface area contributed by atoms with Crippen molar-refractivity contribution in [3.05, 3.63) is 33.3 Å². The lowest BCUT2D eigenvalue weighted by Gasteiger charge is -2.15. The van der Waals surface area contributed by atoms with Crippen LogP contribution in [0.3, 0.4) is 0 Å². The molecule has 2 N–H and O–H groups in total. The summed E-state index contributed by atoms with van der Waals surface area (Å²) in [5, 5.41) is 18.0. The highest BCUT2D eigenvalue weighted by molar-refractivity contribution is 5.97. The molecule has 1 fully saturated rings. The van der Waals surface area contributed by atoms with E-state index in [2.05, 4.69) is 10.4 Å². The number of ether oxygens (including phenoxy) is 1. The molecule has 3 rings (SSSR count). The largest absolute Gasteiger partial charge is 0.492 e. The molecule has 1 saturated carbocycles. The number of carbonyl (C=O) groups is 2. The molecule has 1 aliphatic rings. The van der Waals surface area contributed by atoms with Crippen molar-refractivity contribution in [2.75, 3.05) is 6.61 Å². The molecule has 0 aromatic carbocycles. The Labute approximate surface area is 174 Å². The zero-order valence-electron chi connectivity index (χ0n) is 17.8. The quantitative estimate of drug-likeness (QED) is 0.502. The van der Waals surface area contributed by atoms with Gasteiger partial charge in [-0.2, -0.15) is 9.61 Å². The molecule has 0 atom stereocenters. The number of rotatable bonds is 8. The van der Waals surface area contributed by atoms with Crippen LogP contribution in [0, 0.1) is 5.92 Å². The highest BCUT2D eigenvalue weighted by Gasteiger charge is 2.30. The van der Waals surface area contributed by atoms with E-state index in [9.17, 15) is 19.5 Å². The van der Waals surface area contributed by atoms with Gasteiger partial charge in [-0.1, -0.05) is 20.8 Å². The second kappa shape index (κ2) is 8.73. The van der Waals surface area contributed by atoms with E-state index in [1.807, 2.05) is 20.8 Å². The van der Waals surface area contributed by atoms with Gasteiger partial charge < -0.3 is 15.2 Å². The number of amides is 1. The van der Waals surface area contributed by atoms with E-state index in [0.717, 1.165) is 12.8 Å². The Balaban J connectivity index is 2.25. The van der Waals surface area contributed by atoms with E-state index in [4.69, 9.17) is 4.74 Å². The van der Waals surface area contributed by atoms with Crippen LogP contribution < -0.4 is 10.9 Å². The Morgan fingerprint density at radius 1 is 1.33 bits per heavy atom. The van der Waals surface area contributed by atoms with Crippen LogP contribution in [0.25, 0.3) is 11.7 Å². The number of fused-ring (bicyclic) bond motifs is 1. The van der Waals surface area contributed by atoms with Crippen LogP contribution in [0.15, 0.2) is 10.9 Å². The van der Waals surface area contributed by atoms with Crippen molar-refractivity contribution >= 4 is 23.6 Å². The topological polar surface area (TPSA) is 115 Å². The van der Waals surface area contributed by atoms with E-state index in [1.165, 1.54) is 15.2 Å². The van der Waals surface area contributed by atoms with Crippen molar-refractivity contribution in [1.82, 2.24) is 19.5 Å². The van der Waals surface area contributed by atoms with Crippen LogP contribution in [-0.4, -0.2) is 43.8 Å². The Morgan fingerprint density at radius 2 is 2.03 bits per heavy atom. The van der Waals surface area contributed by atoms with E-state index in [0.29, 0.717) is 29.9 Å². The van der Waals surface area contributed by atoms with Gasteiger partial charge in [0.25, 0.3) is 11.5 Å². The number of hydrogen-bond donors (Lipinski definition) is 2. The summed E-state index contributed by atoms with van der Waals surface area (Å²) in [4.78, 5) is 37.7. The third-order valence-corrected chi connectivity index (χ3v) is 4.81. The molecule has 2 heterocycles. The second-order valence-electron chi connectivity index (χ2n) is 7.79. The predicted octanol–water partition coefficient (Wildman–Crippen LogP) is 1.89. The van der Waals surface area contributed by atoms with Gasteiger partial charge in [-0.15, -0.1) is 0 Å². The van der Waals surface area contributed by atoms with Gasteiger partial charge in [0.2, 0.25) is 5.88 Å². The molecule has 9 heteroatoms. The first-order valence-corrected chi connectivity index (χ1v) is 10.3. The molecular formula is C21H28N4O5. The summed E-state index contributed by atoms with van der Waals surface area (Å²) in [6, 6.07) is 0.0393. The van der Waals surface area contributed by atoms with Crippen LogP contribution in [0.2, 0.25) is 0 Å². The molecule has 2 aromatic heterocycles. The number of carbonyl (C=O) groups excluding carboxylic acids is 2. The maximum absolute atomic E-state index is 13.3. The minimum Gasteiger partial charge on any atom is -0.492 e. The molecular weight excluding hydrogens is 388 g/mol. The van der Waals surface area contributed by atoms with Gasteiger partial charge in [0.05, 0.1) is 12.3 Å². The van der Waals surface area contributed by atoms with Crippen molar-refractivity contribution in [1.29, 1.82) is 0 Å². The molecule has 2 aromatic rings. The molecule has 0 spiro atoms. The van der Waals surface area contributed by atoms with Crippen molar-refractivity contribution in [2.24, 2.45) is 5.92 Å². The Bertz CT molecular complexity index is 1060. The fourth-order valence-corrected chi connectivity index (χ4v) is 3.30. The third-order valence-electron chi connectivity index (χ3n) is 4.81. The zero-order valence-corrected chi connectivity index (χ0v) is 17.8. The van der Waals surface area contributed by atoms with Gasteiger partial charge in [0, 0.05) is 24.2 Å². The number of hydrogen-bond acceptors (Lipinski definition) is 6. The summed E-state index contributed by atoms with van der Waals surface area (Å²) in [5.41, 5.74) is 0.558. The Hall–Kier alpha value is -3.10. The van der Waals surface area contributed by atoms with E-state index < -0.39 is 23.3 Å². The fourth-order valence-electron chi connectivity index (χ4n) is 3.30. The van der Waals surface area contributed by atoms with Gasteiger partial charge in [0.15, 0.2) is 5.56 Å². The van der Waals surface area contributed by atoms with E-state index >= 15 is 0 Å². The third kappa shape index (κ3) is 4.24. The van der Waals surface area contributed by atoms with E-state index in [-0.39, 0.29) is 24.1 Å². The van der Waals surface area contributed by atoms with Crippen molar-refractivity contribution in [2.45, 2.75) is 59.5 Å². The summed E-state index contributed by atoms with van der Waals surface area (Å²) < 4.78 is 7.60. The van der Waals surface area contributed by atoms with Crippen LogP contribution in [-0.2, 0) is 22.5 Å². The van der Waals surface area contributed by atoms with Crippen molar-refractivity contribution in [3.8, 4) is 5.88 Å². The van der Waals surface area contributed by atoms with Gasteiger partial charge in [0.1, 0.15) is 5.65 Å². The number of nitrogens with one attached hydrogen (secondary N) is 1. The number of aromatic hydroxyl groups is 1. The number of esters is 1. The lowest BCUT2D eigenvalue weighted by atomic mass is 10.1. The normalized spacial score (nSPS) is 14.0. The lowest BCUT2D eigenvalue weighted by Crippen LogP contribution is -2.36. The van der Waals surface area contributed by atoms with Gasteiger partial charge in [-0.3, -0.25) is 14.2 Å². The number of nitrogens with zero attached hydrogens (tertiary/aromatic N) is 3. The maximum atomic E-state index is 13.3. The van der Waals surface area contributed by atoms with Crippen molar-refractivity contribution < 1.29 is 19.4 Å². The zero-order chi connectivity index (χ0) is 22.0. The average Bonchev–Trinajstić information content (AvgIpc) is 3.41. The smallest absolute Gasteiger partial charge is 0.330 e. The lowest BCUT2D eigenvalue weighted by molar-refractivity contribution is -0.137. The van der Waals surface area contributed by atoms with Crippen LogP contribution >= 0.6 is 0 Å². The molecule has 0 bridgehead atoms. The summed E-state index contributed by atoms with van der Waals surface area (Å²) in [6.07, 6.45) is 5.04. The summed E-state index contributed by atoms with van der Waals surface area (Å²) in [6.45, 7) is 8.06. The van der Waals surface area contributed by atoms with Gasteiger partial charge in [-0.25, -0.2) is 4.79 Å². The highest BCUT2D eigenvalue weighted by Crippen LogP contribution is 2.25. The molecule has 1 aliphatic carbocycles. The molecule has 0 radical (unpaired) electrons. The van der Waals surface area contributed by atoms with Gasteiger partial charge in [-0.05, 0) is 38.2 Å². The minimum absolute atomic E-state index is 0.0393. The Kier molecular flexibility index (Phi) is 6.28. The predicted molar refractivity (Wildman–Crippen MR) is 111 cm³/mol. The Morgan fingerprint density at radius 3 is 2.60 bits per heavy atom. The average molecular weight is 416 g/mol. The van der Waals surface area contributed by atoms with Crippen molar-refractivity contribution in [3.63, 3.8) is 0 Å².